The second-order valence-electron chi connectivity index (χ2n) is 16.3. The van der Waals surface area contributed by atoms with Gasteiger partial charge >= 0.3 is 0 Å². The van der Waals surface area contributed by atoms with Crippen molar-refractivity contribution in [3.05, 3.63) is 241 Å². The number of fused-ring (bicyclic) bond motifs is 6. The molecule has 2 atom stereocenters. The Morgan fingerprint density at radius 3 is 1.43 bits per heavy atom. The largest absolute Gasteiger partial charge is 0.274 e. The van der Waals surface area contributed by atoms with Crippen LogP contribution in [0.5, 0.6) is 0 Å². The van der Waals surface area contributed by atoms with Crippen molar-refractivity contribution in [3.8, 4) is 44.5 Å². The number of aliphatic imine (C=N–C) groups is 1. The van der Waals surface area contributed by atoms with Gasteiger partial charge in [0.1, 0.15) is 6.17 Å². The minimum absolute atomic E-state index is 0.101. The summed E-state index contributed by atoms with van der Waals surface area (Å²) in [6, 6.07) is 82.0. The Labute approximate surface area is 357 Å². The molecule has 0 N–H and O–H groups in total. The van der Waals surface area contributed by atoms with Gasteiger partial charge in [0, 0.05) is 23.7 Å². The number of rotatable bonds is 7. The van der Waals surface area contributed by atoms with Crippen LogP contribution in [0.4, 0.5) is 0 Å². The van der Waals surface area contributed by atoms with Gasteiger partial charge in [-0.1, -0.05) is 200 Å². The van der Waals surface area contributed by atoms with Crippen molar-refractivity contribution in [2.75, 3.05) is 7.05 Å². The molecule has 61 heavy (non-hydrogen) atoms. The van der Waals surface area contributed by atoms with Gasteiger partial charge in [-0.25, -0.2) is 0 Å². The van der Waals surface area contributed by atoms with Crippen LogP contribution in [0.2, 0.25) is 0 Å². The second-order valence-corrected chi connectivity index (χ2v) is 16.3. The van der Waals surface area contributed by atoms with Crippen molar-refractivity contribution < 1.29 is 0 Å². The molecule has 10 aromatic rings. The van der Waals surface area contributed by atoms with Crippen LogP contribution in [0.25, 0.3) is 76.8 Å². The Kier molecular flexibility index (Phi) is 9.41. The molecule has 11 rings (SSSR count). The van der Waals surface area contributed by atoms with Crippen molar-refractivity contribution in [2.45, 2.75) is 18.6 Å². The van der Waals surface area contributed by atoms with E-state index in [2.05, 4.69) is 236 Å². The van der Waals surface area contributed by atoms with Gasteiger partial charge in [-0.3, -0.25) is 9.89 Å². The Morgan fingerprint density at radius 1 is 0.344 bits per heavy atom. The smallest absolute Gasteiger partial charge is 0.128 e. The molecule has 1 aliphatic rings. The highest BCUT2D eigenvalue weighted by molar-refractivity contribution is 6.25. The summed E-state index contributed by atoms with van der Waals surface area (Å²) in [5, 5.41) is 7.73. The van der Waals surface area contributed by atoms with Crippen LogP contribution in [-0.2, 0) is 0 Å². The minimum atomic E-state index is -0.180. The van der Waals surface area contributed by atoms with Crippen LogP contribution in [0.1, 0.15) is 35.3 Å². The molecule has 0 aliphatic carbocycles. The van der Waals surface area contributed by atoms with Gasteiger partial charge < -0.3 is 0 Å². The molecule has 290 valence electrons. The van der Waals surface area contributed by atoms with E-state index >= 15 is 0 Å². The van der Waals surface area contributed by atoms with Gasteiger partial charge in [0.25, 0.3) is 0 Å². The summed E-state index contributed by atoms with van der Waals surface area (Å²) in [5.41, 5.74) is 14.4. The standard InChI is InChI=1S/C59H44N2/c1-61-58(47-25-15-21-42(36-47)40-17-4-2-5-18-40)39-57(60-59(61)48-26-16-22-43(37-48)41-19-6-3-7-20-41)55-32-13-8-27-49(55)46-24-14-23-44(35-46)45-33-34-54-52-30-10-9-28-50(52)51-29-11-12-31-53(51)56(54)38-45/h2-38,58-59H,39H2,1H3. The fraction of sp³-hybridized carbons (Fsp3) is 0.0678. The predicted octanol–water partition coefficient (Wildman–Crippen LogP) is 15.4. The third-order valence-corrected chi connectivity index (χ3v) is 12.7. The summed E-state index contributed by atoms with van der Waals surface area (Å²) >= 11 is 0. The van der Waals surface area contributed by atoms with Crippen molar-refractivity contribution in [1.82, 2.24) is 4.90 Å². The molecule has 0 saturated heterocycles. The molecular weight excluding hydrogens is 737 g/mol. The van der Waals surface area contributed by atoms with Crippen LogP contribution in [-0.4, -0.2) is 17.7 Å². The molecule has 0 fully saturated rings. The molecule has 2 heteroatoms. The van der Waals surface area contributed by atoms with E-state index in [0.717, 1.165) is 12.1 Å². The molecule has 0 aromatic heterocycles. The van der Waals surface area contributed by atoms with Crippen molar-refractivity contribution >= 4 is 38.0 Å². The van der Waals surface area contributed by atoms with Crippen molar-refractivity contribution in [1.29, 1.82) is 0 Å². The first-order chi connectivity index (χ1) is 30.2. The van der Waals surface area contributed by atoms with Crippen LogP contribution >= 0.6 is 0 Å². The van der Waals surface area contributed by atoms with Crippen LogP contribution in [0.3, 0.4) is 0 Å². The number of benzene rings is 10. The Morgan fingerprint density at radius 2 is 0.787 bits per heavy atom. The van der Waals surface area contributed by atoms with E-state index in [1.807, 2.05) is 0 Å². The lowest BCUT2D eigenvalue weighted by atomic mass is 9.87. The predicted molar refractivity (Wildman–Crippen MR) is 258 cm³/mol. The molecule has 2 nitrogen and oxygen atoms in total. The highest BCUT2D eigenvalue weighted by atomic mass is 15.3. The minimum Gasteiger partial charge on any atom is -0.274 e. The Hall–Kier alpha value is -7.39. The lowest BCUT2D eigenvalue weighted by Gasteiger charge is -2.39. The SMILES string of the molecule is CN1C(c2cccc(-c3ccccc3)c2)CC(c2ccccc2-c2cccc(-c3ccc4c5ccccc5c5ccccc5c4c3)c2)=NC1c1cccc(-c2ccccc2)c1. The van der Waals surface area contributed by atoms with Crippen LogP contribution < -0.4 is 0 Å². The maximum Gasteiger partial charge on any atom is 0.128 e. The lowest BCUT2D eigenvalue weighted by Crippen LogP contribution is -2.35. The summed E-state index contributed by atoms with van der Waals surface area (Å²) in [7, 11) is 2.24. The molecule has 0 amide bonds. The average Bonchev–Trinajstić information content (AvgIpc) is 3.34. The molecule has 0 bridgehead atoms. The maximum absolute atomic E-state index is 5.69. The zero-order valence-electron chi connectivity index (χ0n) is 34.1. The van der Waals surface area contributed by atoms with E-state index in [-0.39, 0.29) is 12.2 Å². The topological polar surface area (TPSA) is 15.6 Å². The fourth-order valence-electron chi connectivity index (χ4n) is 9.64. The Bertz CT molecular complexity index is 3220. The number of nitrogens with zero attached hydrogens (tertiary/aromatic N) is 2. The Balaban J connectivity index is 1.02. The highest BCUT2D eigenvalue weighted by Crippen LogP contribution is 2.42. The summed E-state index contributed by atoms with van der Waals surface area (Å²) < 4.78 is 0. The molecule has 0 spiro atoms. The van der Waals surface area contributed by atoms with Gasteiger partial charge in [0.05, 0.1) is 0 Å². The third-order valence-electron chi connectivity index (χ3n) is 12.7. The zero-order chi connectivity index (χ0) is 40.7. The van der Waals surface area contributed by atoms with E-state index in [4.69, 9.17) is 4.99 Å². The number of hydrogen-bond donors (Lipinski definition) is 0. The maximum atomic E-state index is 5.69. The van der Waals surface area contributed by atoms with Gasteiger partial charge in [-0.2, -0.15) is 0 Å². The van der Waals surface area contributed by atoms with E-state index in [1.165, 1.54) is 93.5 Å². The molecule has 1 heterocycles. The highest BCUT2D eigenvalue weighted by Gasteiger charge is 2.33. The molecule has 0 radical (unpaired) electrons. The van der Waals surface area contributed by atoms with Gasteiger partial charge in [-0.15, -0.1) is 0 Å². The monoisotopic (exact) mass is 780 g/mol. The van der Waals surface area contributed by atoms with E-state index in [1.54, 1.807) is 0 Å². The molecule has 10 aromatic carbocycles. The normalized spacial score (nSPS) is 15.6. The van der Waals surface area contributed by atoms with E-state index in [0.29, 0.717) is 0 Å². The first kappa shape index (κ1) is 36.7. The first-order valence-electron chi connectivity index (χ1n) is 21.3. The van der Waals surface area contributed by atoms with Crippen LogP contribution in [0, 0.1) is 0 Å². The summed E-state index contributed by atoms with van der Waals surface area (Å²) in [4.78, 5) is 8.16. The van der Waals surface area contributed by atoms with E-state index in [9.17, 15) is 0 Å². The third kappa shape index (κ3) is 6.82. The summed E-state index contributed by atoms with van der Waals surface area (Å²) in [6.45, 7) is 0. The summed E-state index contributed by atoms with van der Waals surface area (Å²) in [6.07, 6.45) is 0.604. The lowest BCUT2D eigenvalue weighted by molar-refractivity contribution is 0.170. The summed E-state index contributed by atoms with van der Waals surface area (Å²) in [5.74, 6) is 0. The zero-order valence-corrected chi connectivity index (χ0v) is 34.1. The van der Waals surface area contributed by atoms with Crippen LogP contribution in [0.15, 0.2) is 229 Å². The molecular formula is C59H44N2. The van der Waals surface area contributed by atoms with Gasteiger partial charge in [0.15, 0.2) is 0 Å². The van der Waals surface area contributed by atoms with Gasteiger partial charge in [0.2, 0.25) is 0 Å². The average molecular weight is 781 g/mol. The molecule has 0 saturated carbocycles. The number of hydrogen-bond acceptors (Lipinski definition) is 2. The van der Waals surface area contributed by atoms with E-state index < -0.39 is 0 Å². The van der Waals surface area contributed by atoms with Crippen molar-refractivity contribution in [2.24, 2.45) is 4.99 Å². The quantitative estimate of drug-likeness (QED) is 0.147. The molecule has 1 aliphatic heterocycles. The van der Waals surface area contributed by atoms with Gasteiger partial charge in [-0.05, 0) is 119 Å². The molecule has 2 unspecified atom stereocenters. The fourth-order valence-corrected chi connectivity index (χ4v) is 9.64. The van der Waals surface area contributed by atoms with Crippen molar-refractivity contribution in [3.63, 3.8) is 0 Å². The second kappa shape index (κ2) is 15.7. The first-order valence-corrected chi connectivity index (χ1v) is 21.3.